The van der Waals surface area contributed by atoms with Gasteiger partial charge < -0.3 is 4.90 Å². The van der Waals surface area contributed by atoms with Crippen LogP contribution in [0.4, 0.5) is 27.8 Å². The Morgan fingerprint density at radius 1 is 1.15 bits per heavy atom. The van der Waals surface area contributed by atoms with Crippen LogP contribution in [0.25, 0.3) is 0 Å². The van der Waals surface area contributed by atoms with Gasteiger partial charge in [0.05, 0.1) is 5.56 Å². The Kier molecular flexibility index (Phi) is 2.75. The van der Waals surface area contributed by atoms with Crippen LogP contribution < -0.4 is 4.90 Å². The molecule has 1 aliphatic carbocycles. The van der Waals surface area contributed by atoms with Gasteiger partial charge in [0.25, 0.3) is 5.92 Å². The Bertz CT molecular complexity index is 518. The average Bonchev–Trinajstić information content (AvgIpc) is 2.90. The van der Waals surface area contributed by atoms with Crippen molar-refractivity contribution in [2.45, 2.75) is 31.4 Å². The van der Waals surface area contributed by atoms with Gasteiger partial charge in [0.1, 0.15) is 5.82 Å². The van der Waals surface area contributed by atoms with E-state index >= 15 is 0 Å². The largest absolute Gasteiger partial charge is 0.416 e. The van der Waals surface area contributed by atoms with Crippen LogP contribution in [0, 0.1) is 5.41 Å². The van der Waals surface area contributed by atoms with Crippen LogP contribution in [-0.2, 0) is 6.18 Å². The fourth-order valence-electron chi connectivity index (χ4n) is 2.85. The highest BCUT2D eigenvalue weighted by Gasteiger charge is 2.70. The summed E-state index contributed by atoms with van der Waals surface area (Å²) < 4.78 is 64.4. The second-order valence-electron chi connectivity index (χ2n) is 5.55. The molecule has 1 aromatic rings. The van der Waals surface area contributed by atoms with Crippen molar-refractivity contribution in [1.82, 2.24) is 4.98 Å². The number of hydrogen-bond donors (Lipinski definition) is 0. The fraction of sp³-hybridized carbons (Fsp3) is 0.615. The van der Waals surface area contributed by atoms with Crippen LogP contribution in [0.3, 0.4) is 0 Å². The zero-order valence-electron chi connectivity index (χ0n) is 10.6. The molecule has 0 radical (unpaired) electrons. The molecule has 2 fully saturated rings. The first kappa shape index (κ1) is 13.6. The van der Waals surface area contributed by atoms with E-state index in [1.54, 1.807) is 4.90 Å². The number of rotatable bonds is 1. The predicted octanol–water partition coefficient (Wildman–Crippen LogP) is 3.73. The first-order valence-electron chi connectivity index (χ1n) is 6.40. The lowest BCUT2D eigenvalue weighted by Crippen LogP contribution is -2.37. The zero-order valence-corrected chi connectivity index (χ0v) is 10.6. The summed E-state index contributed by atoms with van der Waals surface area (Å²) in [6.45, 7) is 0.647. The number of anilines is 1. The second kappa shape index (κ2) is 4.05. The fourth-order valence-corrected chi connectivity index (χ4v) is 2.85. The van der Waals surface area contributed by atoms with E-state index in [2.05, 4.69) is 4.98 Å². The monoisotopic (exact) mass is 292 g/mol. The van der Waals surface area contributed by atoms with Crippen molar-refractivity contribution in [2.75, 3.05) is 18.0 Å². The van der Waals surface area contributed by atoms with E-state index in [-0.39, 0.29) is 12.2 Å². The Morgan fingerprint density at radius 3 is 2.25 bits per heavy atom. The first-order valence-corrected chi connectivity index (χ1v) is 6.40. The van der Waals surface area contributed by atoms with Crippen molar-refractivity contribution < 1.29 is 22.0 Å². The standard InChI is InChI=1S/C13H13F5N2/c14-12(15)8-11(12)2-5-20(6-3-11)10-7-9(1-4-19-10)13(16,17)18/h1,4,7H,2-3,5-6,8H2. The topological polar surface area (TPSA) is 16.1 Å². The maximum absolute atomic E-state index is 13.2. The number of hydrogen-bond acceptors (Lipinski definition) is 2. The van der Waals surface area contributed by atoms with E-state index < -0.39 is 23.1 Å². The number of alkyl halides is 5. The minimum absolute atomic E-state index is 0.0934. The molecule has 20 heavy (non-hydrogen) atoms. The molecule has 0 atom stereocenters. The Balaban J connectivity index is 1.73. The van der Waals surface area contributed by atoms with Gasteiger partial charge in [-0.25, -0.2) is 13.8 Å². The van der Waals surface area contributed by atoms with Gasteiger partial charge in [-0.15, -0.1) is 0 Å². The molecule has 110 valence electrons. The molecule has 1 aliphatic heterocycles. The molecule has 7 heteroatoms. The lowest BCUT2D eigenvalue weighted by Gasteiger charge is -2.33. The smallest absolute Gasteiger partial charge is 0.357 e. The molecule has 0 amide bonds. The van der Waals surface area contributed by atoms with E-state index in [0.717, 1.165) is 18.3 Å². The first-order chi connectivity index (χ1) is 9.24. The van der Waals surface area contributed by atoms with Crippen LogP contribution in [0.2, 0.25) is 0 Å². The van der Waals surface area contributed by atoms with E-state index in [9.17, 15) is 22.0 Å². The van der Waals surface area contributed by atoms with Gasteiger partial charge in [-0.2, -0.15) is 13.2 Å². The highest BCUT2D eigenvalue weighted by atomic mass is 19.4. The lowest BCUT2D eigenvalue weighted by molar-refractivity contribution is -0.137. The Morgan fingerprint density at radius 2 is 1.75 bits per heavy atom. The maximum atomic E-state index is 13.2. The van der Waals surface area contributed by atoms with E-state index in [4.69, 9.17) is 0 Å². The molecule has 1 aromatic heterocycles. The summed E-state index contributed by atoms with van der Waals surface area (Å²) in [6.07, 6.45) is -2.80. The lowest BCUT2D eigenvalue weighted by atomic mass is 9.93. The van der Waals surface area contributed by atoms with Gasteiger partial charge in [-0.3, -0.25) is 0 Å². The SMILES string of the molecule is FC(F)(F)c1ccnc(N2CCC3(CC2)CC3(F)F)c1. The van der Waals surface area contributed by atoms with Gasteiger partial charge in [0, 0.05) is 31.1 Å². The summed E-state index contributed by atoms with van der Waals surface area (Å²) >= 11 is 0. The van der Waals surface area contributed by atoms with E-state index in [0.29, 0.717) is 25.9 Å². The molecule has 1 spiro atoms. The highest BCUT2D eigenvalue weighted by molar-refractivity contribution is 5.43. The zero-order chi connectivity index (χ0) is 14.6. The molecule has 1 saturated carbocycles. The molecule has 0 N–H and O–H groups in total. The normalized spacial score (nSPS) is 23.9. The Hall–Kier alpha value is -1.40. The van der Waals surface area contributed by atoms with Crippen molar-refractivity contribution in [3.63, 3.8) is 0 Å². The molecule has 1 saturated heterocycles. The van der Waals surface area contributed by atoms with Crippen LogP contribution in [-0.4, -0.2) is 24.0 Å². The molecule has 0 bridgehead atoms. The second-order valence-corrected chi connectivity index (χ2v) is 5.55. The predicted molar refractivity (Wildman–Crippen MR) is 62.7 cm³/mol. The van der Waals surface area contributed by atoms with Gasteiger partial charge in [0.15, 0.2) is 0 Å². The molecular formula is C13H13F5N2. The third-order valence-electron chi connectivity index (χ3n) is 4.33. The molecule has 2 heterocycles. The van der Waals surface area contributed by atoms with E-state index in [1.165, 1.54) is 0 Å². The highest BCUT2D eigenvalue weighted by Crippen LogP contribution is 2.65. The van der Waals surface area contributed by atoms with Gasteiger partial charge in [0.2, 0.25) is 0 Å². The van der Waals surface area contributed by atoms with Crippen LogP contribution in [0.15, 0.2) is 18.3 Å². The van der Waals surface area contributed by atoms with Gasteiger partial charge in [-0.1, -0.05) is 0 Å². The third-order valence-corrected chi connectivity index (χ3v) is 4.33. The maximum Gasteiger partial charge on any atom is 0.416 e. The summed E-state index contributed by atoms with van der Waals surface area (Å²) in [6, 6.07) is 1.88. The summed E-state index contributed by atoms with van der Waals surface area (Å²) in [5.74, 6) is -2.39. The number of piperidine rings is 1. The van der Waals surface area contributed by atoms with Crippen LogP contribution in [0.1, 0.15) is 24.8 Å². The third kappa shape index (κ3) is 2.13. The average molecular weight is 292 g/mol. The number of nitrogens with zero attached hydrogens (tertiary/aromatic N) is 2. The molecule has 0 aromatic carbocycles. The summed E-state index contributed by atoms with van der Waals surface area (Å²) in [5.41, 5.74) is -1.68. The van der Waals surface area contributed by atoms with Crippen molar-refractivity contribution >= 4 is 5.82 Å². The quantitative estimate of drug-likeness (QED) is 0.733. The van der Waals surface area contributed by atoms with Crippen molar-refractivity contribution in [1.29, 1.82) is 0 Å². The van der Waals surface area contributed by atoms with Gasteiger partial charge in [-0.05, 0) is 25.0 Å². The number of aromatic nitrogens is 1. The Labute approximate surface area is 112 Å². The molecule has 3 rings (SSSR count). The van der Waals surface area contributed by atoms with Gasteiger partial charge >= 0.3 is 6.18 Å². The summed E-state index contributed by atoms with van der Waals surface area (Å²) in [7, 11) is 0. The summed E-state index contributed by atoms with van der Waals surface area (Å²) in [4.78, 5) is 5.57. The minimum atomic E-state index is -4.42. The van der Waals surface area contributed by atoms with Crippen molar-refractivity contribution in [3.05, 3.63) is 23.9 Å². The number of halogens is 5. The van der Waals surface area contributed by atoms with Crippen LogP contribution >= 0.6 is 0 Å². The minimum Gasteiger partial charge on any atom is -0.357 e. The van der Waals surface area contributed by atoms with Crippen molar-refractivity contribution in [2.24, 2.45) is 5.41 Å². The molecule has 2 nitrogen and oxygen atoms in total. The summed E-state index contributed by atoms with van der Waals surface area (Å²) in [5, 5.41) is 0. The van der Waals surface area contributed by atoms with Crippen LogP contribution in [0.5, 0.6) is 0 Å². The van der Waals surface area contributed by atoms with Crippen molar-refractivity contribution in [3.8, 4) is 0 Å². The molecule has 0 unspecified atom stereocenters. The van der Waals surface area contributed by atoms with E-state index in [1.807, 2.05) is 0 Å². The molecule has 2 aliphatic rings. The number of pyridine rings is 1. The molecular weight excluding hydrogens is 279 g/mol.